The number of aliphatic hydroxyl groups excluding tert-OH is 1. The summed E-state index contributed by atoms with van der Waals surface area (Å²) in [6.45, 7) is 0.715. The zero-order valence-corrected chi connectivity index (χ0v) is 6.69. The summed E-state index contributed by atoms with van der Waals surface area (Å²) in [5.74, 6) is -2.76. The number of aliphatic carboxylic acids is 1. The van der Waals surface area contributed by atoms with Crippen molar-refractivity contribution < 1.29 is 28.2 Å². The number of carbonyl (C=O) groups is 1. The largest absolute Gasteiger partial charge is 0.490 e. The average Bonchev–Trinajstić information content (AvgIpc) is 1.88. The summed E-state index contributed by atoms with van der Waals surface area (Å²) in [4.78, 5) is 8.90. The molecule has 0 saturated carbocycles. The minimum atomic E-state index is -5.08. The molecule has 4 nitrogen and oxygen atoms in total. The van der Waals surface area contributed by atoms with Crippen molar-refractivity contribution in [2.24, 2.45) is 0 Å². The SMILES string of the molecule is O=C(O)C(F)(F)F.OCCNS. The summed E-state index contributed by atoms with van der Waals surface area (Å²) in [5, 5.41) is 15.1. The van der Waals surface area contributed by atoms with Gasteiger partial charge < -0.3 is 10.2 Å². The molecular formula is C4H8F3NO3S. The van der Waals surface area contributed by atoms with Crippen LogP contribution in [0.4, 0.5) is 13.2 Å². The number of hydrogen-bond acceptors (Lipinski definition) is 4. The fraction of sp³-hybridized carbons (Fsp3) is 0.750. The maximum Gasteiger partial charge on any atom is 0.490 e. The number of carboxylic acids is 1. The minimum Gasteiger partial charge on any atom is -0.475 e. The predicted molar refractivity (Wildman–Crippen MR) is 37.8 cm³/mol. The maximum absolute atomic E-state index is 10.6. The smallest absolute Gasteiger partial charge is 0.475 e. The van der Waals surface area contributed by atoms with Crippen molar-refractivity contribution in [2.45, 2.75) is 6.18 Å². The summed E-state index contributed by atoms with van der Waals surface area (Å²) >= 11 is 3.59. The molecule has 0 heterocycles. The Hall–Kier alpha value is -0.470. The Morgan fingerprint density at radius 3 is 1.83 bits per heavy atom. The summed E-state index contributed by atoms with van der Waals surface area (Å²) in [7, 11) is 0. The van der Waals surface area contributed by atoms with Gasteiger partial charge >= 0.3 is 12.1 Å². The zero-order chi connectivity index (χ0) is 10.2. The van der Waals surface area contributed by atoms with Crippen LogP contribution in [0.2, 0.25) is 0 Å². The molecule has 0 aromatic heterocycles. The van der Waals surface area contributed by atoms with Gasteiger partial charge in [-0.15, -0.1) is 0 Å². The first-order valence-corrected chi connectivity index (χ1v) is 3.09. The number of alkyl halides is 3. The molecule has 8 heteroatoms. The van der Waals surface area contributed by atoms with Gasteiger partial charge in [0.05, 0.1) is 6.61 Å². The highest BCUT2D eigenvalue weighted by Gasteiger charge is 2.38. The van der Waals surface area contributed by atoms with Crippen LogP contribution in [0.25, 0.3) is 0 Å². The van der Waals surface area contributed by atoms with Crippen LogP contribution in [0.5, 0.6) is 0 Å². The lowest BCUT2D eigenvalue weighted by Crippen LogP contribution is -2.21. The van der Waals surface area contributed by atoms with Crippen LogP contribution in [0.15, 0.2) is 0 Å². The second-order valence-corrected chi connectivity index (χ2v) is 1.75. The molecular weight excluding hydrogens is 199 g/mol. The van der Waals surface area contributed by atoms with E-state index in [1.165, 1.54) is 0 Å². The van der Waals surface area contributed by atoms with Gasteiger partial charge in [0.15, 0.2) is 0 Å². The first kappa shape index (κ1) is 14.1. The molecule has 0 spiro atoms. The Kier molecular flexibility index (Phi) is 8.44. The van der Waals surface area contributed by atoms with E-state index in [0.717, 1.165) is 0 Å². The van der Waals surface area contributed by atoms with Crippen LogP contribution in [0.3, 0.4) is 0 Å². The van der Waals surface area contributed by atoms with Crippen LogP contribution in [0.1, 0.15) is 0 Å². The standard InChI is InChI=1S/C2HF3O2.C2H7NOS/c3-2(4,5)1(6)7;4-2-1-3-5/h(H,6,7);3-5H,1-2H2. The number of halogens is 3. The third-order valence-corrected chi connectivity index (χ3v) is 0.690. The monoisotopic (exact) mass is 207 g/mol. The molecule has 0 unspecified atom stereocenters. The molecule has 0 saturated heterocycles. The Morgan fingerprint density at radius 2 is 1.83 bits per heavy atom. The van der Waals surface area contributed by atoms with Crippen molar-refractivity contribution >= 4 is 18.8 Å². The van der Waals surface area contributed by atoms with Gasteiger partial charge in [0, 0.05) is 6.54 Å². The van der Waals surface area contributed by atoms with Crippen LogP contribution in [-0.4, -0.2) is 35.5 Å². The van der Waals surface area contributed by atoms with Crippen LogP contribution >= 0.6 is 12.8 Å². The number of hydrogen-bond donors (Lipinski definition) is 4. The molecule has 3 N–H and O–H groups in total. The Bertz CT molecular complexity index is 127. The van der Waals surface area contributed by atoms with E-state index in [4.69, 9.17) is 15.0 Å². The van der Waals surface area contributed by atoms with E-state index in [1.54, 1.807) is 0 Å². The van der Waals surface area contributed by atoms with E-state index in [9.17, 15) is 13.2 Å². The topological polar surface area (TPSA) is 69.6 Å². The number of aliphatic hydroxyl groups is 1. The molecule has 0 aliphatic rings. The molecule has 0 aromatic carbocycles. The van der Waals surface area contributed by atoms with Gasteiger partial charge in [-0.1, -0.05) is 12.8 Å². The normalized spacial score (nSPS) is 10.1. The second-order valence-electron chi connectivity index (χ2n) is 1.43. The average molecular weight is 207 g/mol. The van der Waals surface area contributed by atoms with Crippen LogP contribution in [-0.2, 0) is 4.79 Å². The Labute approximate surface area is 71.9 Å². The van der Waals surface area contributed by atoms with E-state index in [1.807, 2.05) is 0 Å². The first-order valence-electron chi connectivity index (χ1n) is 2.64. The molecule has 74 valence electrons. The van der Waals surface area contributed by atoms with Crippen molar-refractivity contribution in [1.82, 2.24) is 4.72 Å². The van der Waals surface area contributed by atoms with E-state index in [0.29, 0.717) is 6.54 Å². The Morgan fingerprint density at radius 1 is 1.50 bits per heavy atom. The van der Waals surface area contributed by atoms with Gasteiger partial charge in [-0.05, 0) is 0 Å². The van der Waals surface area contributed by atoms with Gasteiger partial charge in [-0.3, -0.25) is 4.72 Å². The van der Waals surface area contributed by atoms with Gasteiger partial charge in [0.2, 0.25) is 0 Å². The third kappa shape index (κ3) is 12.2. The van der Waals surface area contributed by atoms with Gasteiger partial charge in [-0.25, -0.2) is 4.79 Å². The third-order valence-electron chi connectivity index (χ3n) is 0.466. The summed E-state index contributed by atoms with van der Waals surface area (Å²) in [5.41, 5.74) is 0. The van der Waals surface area contributed by atoms with E-state index in [2.05, 4.69) is 17.5 Å². The fourth-order valence-electron chi connectivity index (χ4n) is 0.0500. The van der Waals surface area contributed by atoms with Crippen molar-refractivity contribution in [3.63, 3.8) is 0 Å². The highest BCUT2D eigenvalue weighted by Crippen LogP contribution is 2.13. The highest BCUT2D eigenvalue weighted by atomic mass is 32.1. The molecule has 0 fully saturated rings. The summed E-state index contributed by atoms with van der Waals surface area (Å²) in [6, 6.07) is 0. The fourth-order valence-corrected chi connectivity index (χ4v) is 0.150. The number of rotatable bonds is 2. The minimum absolute atomic E-state index is 0.156. The summed E-state index contributed by atoms with van der Waals surface area (Å²) in [6.07, 6.45) is -5.08. The quantitative estimate of drug-likeness (QED) is 0.483. The lowest BCUT2D eigenvalue weighted by Gasteiger charge is -1.93. The highest BCUT2D eigenvalue weighted by molar-refractivity contribution is 7.78. The lowest BCUT2D eigenvalue weighted by molar-refractivity contribution is -0.192. The molecule has 0 aliphatic heterocycles. The number of thiol groups is 1. The van der Waals surface area contributed by atoms with Gasteiger partial charge in [0.1, 0.15) is 0 Å². The second kappa shape index (κ2) is 7.19. The van der Waals surface area contributed by atoms with Crippen LogP contribution < -0.4 is 4.72 Å². The lowest BCUT2D eigenvalue weighted by atomic mass is 10.7. The Balaban J connectivity index is 0. The maximum atomic E-state index is 10.6. The predicted octanol–water partition coefficient (Wildman–Crippen LogP) is 0.0464. The van der Waals surface area contributed by atoms with Crippen molar-refractivity contribution in [3.05, 3.63) is 0 Å². The van der Waals surface area contributed by atoms with Crippen molar-refractivity contribution in [3.8, 4) is 0 Å². The van der Waals surface area contributed by atoms with Gasteiger partial charge in [0.25, 0.3) is 0 Å². The molecule has 0 amide bonds. The zero-order valence-electron chi connectivity index (χ0n) is 5.80. The molecule has 0 radical (unpaired) electrons. The molecule has 0 atom stereocenters. The van der Waals surface area contributed by atoms with E-state index < -0.39 is 12.1 Å². The molecule has 12 heavy (non-hydrogen) atoms. The number of nitrogens with one attached hydrogen (secondary N) is 1. The molecule has 0 bridgehead atoms. The summed E-state index contributed by atoms with van der Waals surface area (Å²) < 4.78 is 34.2. The molecule has 0 aliphatic carbocycles. The molecule has 0 rings (SSSR count). The van der Waals surface area contributed by atoms with Gasteiger partial charge in [-0.2, -0.15) is 13.2 Å². The van der Waals surface area contributed by atoms with Crippen molar-refractivity contribution in [1.29, 1.82) is 0 Å². The first-order chi connectivity index (χ1) is 5.36. The van der Waals surface area contributed by atoms with E-state index >= 15 is 0 Å². The van der Waals surface area contributed by atoms with E-state index in [-0.39, 0.29) is 6.61 Å². The van der Waals surface area contributed by atoms with Crippen molar-refractivity contribution in [2.75, 3.05) is 13.2 Å². The number of carboxylic acid groups (broad SMARTS) is 1. The molecule has 0 aromatic rings. The van der Waals surface area contributed by atoms with Crippen LogP contribution in [0, 0.1) is 0 Å².